The van der Waals surface area contributed by atoms with E-state index in [1.54, 1.807) is 43.3 Å². The normalized spacial score (nSPS) is 11.3. The van der Waals surface area contributed by atoms with Crippen LogP contribution >= 0.6 is 31.9 Å². The quantitative estimate of drug-likeness (QED) is 0.594. The van der Waals surface area contributed by atoms with E-state index < -0.39 is 10.1 Å². The Labute approximate surface area is 152 Å². The number of carbonyl (C=O) groups excluding carboxylic acids is 1. The van der Waals surface area contributed by atoms with Gasteiger partial charge in [-0.3, -0.25) is 0 Å². The van der Waals surface area contributed by atoms with Crippen LogP contribution in [0, 0.1) is 0 Å². The summed E-state index contributed by atoms with van der Waals surface area (Å²) in [7, 11) is -3.92. The van der Waals surface area contributed by atoms with Crippen LogP contribution in [0.4, 0.5) is 0 Å². The molecule has 0 N–H and O–H groups in total. The third kappa shape index (κ3) is 5.16. The van der Waals surface area contributed by atoms with Gasteiger partial charge in [0, 0.05) is 15.4 Å². The minimum atomic E-state index is -3.92. The maximum Gasteiger partial charge on any atom is 0.340 e. The number of ketones is 1. The molecule has 0 saturated carbocycles. The van der Waals surface area contributed by atoms with Gasteiger partial charge in [-0.25, -0.2) is 0 Å². The Morgan fingerprint density at radius 2 is 1.74 bits per heavy atom. The fraction of sp³-hybridized carbons (Fsp3) is 0.188. The van der Waals surface area contributed by atoms with Crippen molar-refractivity contribution in [3.8, 4) is 5.75 Å². The zero-order valence-corrected chi connectivity index (χ0v) is 16.2. The lowest BCUT2D eigenvalue weighted by Crippen LogP contribution is -2.10. The van der Waals surface area contributed by atoms with Gasteiger partial charge in [-0.1, -0.05) is 28.1 Å². The first kappa shape index (κ1) is 18.2. The van der Waals surface area contributed by atoms with Crippen molar-refractivity contribution in [1.82, 2.24) is 0 Å². The summed E-state index contributed by atoms with van der Waals surface area (Å²) in [6, 6.07) is 11.4. The summed E-state index contributed by atoms with van der Waals surface area (Å²) in [6.07, 6.45) is 1.09. The molecule has 0 aromatic heterocycles. The van der Waals surface area contributed by atoms with Crippen LogP contribution in [0.1, 0.15) is 18.9 Å². The molecule has 0 radical (unpaired) electrons. The Morgan fingerprint density at radius 3 is 2.30 bits per heavy atom. The fourth-order valence-corrected chi connectivity index (χ4v) is 4.51. The molecule has 0 heterocycles. The van der Waals surface area contributed by atoms with Crippen molar-refractivity contribution >= 4 is 47.8 Å². The predicted molar refractivity (Wildman–Crippen MR) is 95.1 cm³/mol. The molecule has 23 heavy (non-hydrogen) atoms. The van der Waals surface area contributed by atoms with Crippen LogP contribution < -0.4 is 4.18 Å². The van der Waals surface area contributed by atoms with E-state index in [1.165, 1.54) is 6.07 Å². The Hall–Kier alpha value is -1.18. The van der Waals surface area contributed by atoms with Gasteiger partial charge in [-0.15, -0.1) is 0 Å². The van der Waals surface area contributed by atoms with E-state index in [2.05, 4.69) is 31.9 Å². The SMILES string of the molecule is CC(=O)CCc1ccc(OS(=O)(=O)c2ccc(Br)cc2Br)cc1. The number of carbonyl (C=O) groups is 1. The number of rotatable bonds is 6. The van der Waals surface area contributed by atoms with Gasteiger partial charge in [0.1, 0.15) is 16.4 Å². The molecule has 0 fully saturated rings. The summed E-state index contributed by atoms with van der Waals surface area (Å²) in [5.74, 6) is 0.347. The van der Waals surface area contributed by atoms with Crippen LogP contribution in [0.5, 0.6) is 5.75 Å². The maximum atomic E-state index is 12.3. The molecule has 0 bridgehead atoms. The van der Waals surface area contributed by atoms with Gasteiger partial charge in [0.25, 0.3) is 0 Å². The van der Waals surface area contributed by atoms with E-state index in [9.17, 15) is 13.2 Å². The van der Waals surface area contributed by atoms with E-state index in [0.717, 1.165) is 10.0 Å². The number of hydrogen-bond donors (Lipinski definition) is 0. The Kier molecular flexibility index (Phi) is 6.00. The summed E-state index contributed by atoms with van der Waals surface area (Å²) in [5, 5.41) is 0. The minimum Gasteiger partial charge on any atom is -0.379 e. The third-order valence-electron chi connectivity index (χ3n) is 3.06. The summed E-state index contributed by atoms with van der Waals surface area (Å²) < 4.78 is 31.0. The van der Waals surface area contributed by atoms with Gasteiger partial charge in [-0.05, 0) is 65.2 Å². The molecule has 0 spiro atoms. The van der Waals surface area contributed by atoms with Gasteiger partial charge in [-0.2, -0.15) is 8.42 Å². The monoisotopic (exact) mass is 460 g/mol. The highest BCUT2D eigenvalue weighted by atomic mass is 79.9. The molecule has 0 aliphatic carbocycles. The van der Waals surface area contributed by atoms with Crippen LogP contribution in [0.3, 0.4) is 0 Å². The lowest BCUT2D eigenvalue weighted by Gasteiger charge is -2.09. The van der Waals surface area contributed by atoms with Crippen LogP contribution in [0.15, 0.2) is 56.3 Å². The van der Waals surface area contributed by atoms with Gasteiger partial charge in [0.05, 0.1) is 0 Å². The standard InChI is InChI=1S/C16H14Br2O4S/c1-11(19)2-3-12-4-7-14(8-5-12)22-23(20,21)16-9-6-13(17)10-15(16)18/h4-10H,2-3H2,1H3. The van der Waals surface area contributed by atoms with Crippen molar-refractivity contribution in [3.63, 3.8) is 0 Å². The van der Waals surface area contributed by atoms with Crippen molar-refractivity contribution < 1.29 is 17.4 Å². The number of halogens is 2. The van der Waals surface area contributed by atoms with E-state index in [1.807, 2.05) is 0 Å². The molecule has 0 aliphatic heterocycles. The van der Waals surface area contributed by atoms with Crippen LogP contribution in [-0.4, -0.2) is 14.2 Å². The molecular formula is C16H14Br2O4S. The number of Topliss-reactive ketones (excluding diaryl/α,β-unsaturated/α-hetero) is 1. The molecule has 0 aliphatic rings. The van der Waals surface area contributed by atoms with Crippen molar-refractivity contribution in [2.45, 2.75) is 24.7 Å². The molecule has 2 rings (SSSR count). The minimum absolute atomic E-state index is 0.0568. The van der Waals surface area contributed by atoms with Crippen molar-refractivity contribution in [2.75, 3.05) is 0 Å². The van der Waals surface area contributed by atoms with Gasteiger partial charge < -0.3 is 8.98 Å². The van der Waals surface area contributed by atoms with Crippen molar-refractivity contribution in [3.05, 3.63) is 57.0 Å². The number of benzene rings is 2. The molecule has 0 unspecified atom stereocenters. The van der Waals surface area contributed by atoms with E-state index in [-0.39, 0.29) is 16.4 Å². The lowest BCUT2D eigenvalue weighted by atomic mass is 10.1. The third-order valence-corrected chi connectivity index (χ3v) is 5.78. The topological polar surface area (TPSA) is 60.4 Å². The largest absolute Gasteiger partial charge is 0.379 e. The first-order chi connectivity index (χ1) is 10.8. The second-order valence-electron chi connectivity index (χ2n) is 4.96. The first-order valence-corrected chi connectivity index (χ1v) is 9.75. The lowest BCUT2D eigenvalue weighted by molar-refractivity contribution is -0.116. The van der Waals surface area contributed by atoms with Gasteiger partial charge >= 0.3 is 10.1 Å². The molecule has 7 heteroatoms. The van der Waals surface area contributed by atoms with Crippen LogP contribution in [0.2, 0.25) is 0 Å². The molecule has 2 aromatic carbocycles. The smallest absolute Gasteiger partial charge is 0.340 e. The van der Waals surface area contributed by atoms with E-state index in [4.69, 9.17) is 4.18 Å². The van der Waals surface area contributed by atoms with E-state index >= 15 is 0 Å². The Bertz CT molecular complexity index is 814. The zero-order chi connectivity index (χ0) is 17.0. The second kappa shape index (κ2) is 7.59. The zero-order valence-electron chi connectivity index (χ0n) is 12.3. The molecule has 0 atom stereocenters. The molecule has 2 aromatic rings. The highest BCUT2D eigenvalue weighted by Gasteiger charge is 2.20. The molecule has 0 saturated heterocycles. The second-order valence-corrected chi connectivity index (χ2v) is 8.24. The molecular weight excluding hydrogens is 448 g/mol. The van der Waals surface area contributed by atoms with Crippen molar-refractivity contribution in [1.29, 1.82) is 0 Å². The highest BCUT2D eigenvalue weighted by Crippen LogP contribution is 2.28. The summed E-state index contributed by atoms with van der Waals surface area (Å²) >= 11 is 6.49. The van der Waals surface area contributed by atoms with Crippen molar-refractivity contribution in [2.24, 2.45) is 0 Å². The van der Waals surface area contributed by atoms with E-state index in [0.29, 0.717) is 17.3 Å². The molecule has 4 nitrogen and oxygen atoms in total. The average Bonchev–Trinajstić information content (AvgIpc) is 2.45. The Morgan fingerprint density at radius 1 is 1.09 bits per heavy atom. The summed E-state index contributed by atoms with van der Waals surface area (Å²) in [6.45, 7) is 1.54. The Balaban J connectivity index is 2.15. The predicted octanol–water partition coefficient (Wildman–Crippen LogP) is 4.50. The van der Waals surface area contributed by atoms with Gasteiger partial charge in [0.15, 0.2) is 0 Å². The number of hydrogen-bond acceptors (Lipinski definition) is 4. The van der Waals surface area contributed by atoms with Gasteiger partial charge in [0.2, 0.25) is 0 Å². The maximum absolute atomic E-state index is 12.3. The van der Waals surface area contributed by atoms with Crippen LogP contribution in [0.25, 0.3) is 0 Å². The average molecular weight is 462 g/mol. The molecule has 122 valence electrons. The fourth-order valence-electron chi connectivity index (χ4n) is 1.88. The highest BCUT2D eigenvalue weighted by molar-refractivity contribution is 9.11. The van der Waals surface area contributed by atoms with Crippen LogP contribution in [-0.2, 0) is 21.3 Å². The first-order valence-electron chi connectivity index (χ1n) is 6.76. The molecule has 0 amide bonds. The summed E-state index contributed by atoms with van der Waals surface area (Å²) in [4.78, 5) is 11.0. The summed E-state index contributed by atoms with van der Waals surface area (Å²) in [5.41, 5.74) is 0.953. The number of aryl methyl sites for hydroxylation is 1.